The lowest BCUT2D eigenvalue weighted by Crippen LogP contribution is -2.47. The van der Waals surface area contributed by atoms with Gasteiger partial charge in [0.15, 0.2) is 0 Å². The van der Waals surface area contributed by atoms with Crippen LogP contribution in [0.5, 0.6) is 0 Å². The van der Waals surface area contributed by atoms with Crippen molar-refractivity contribution in [3.63, 3.8) is 0 Å². The second-order valence-electron chi connectivity index (χ2n) is 8.37. The molecule has 3 heterocycles. The van der Waals surface area contributed by atoms with Gasteiger partial charge >= 0.3 is 0 Å². The molecule has 30 heavy (non-hydrogen) atoms. The van der Waals surface area contributed by atoms with E-state index in [1.165, 1.54) is 0 Å². The number of benzene rings is 1. The molecule has 0 aliphatic carbocycles. The molecule has 160 valence electrons. The molecule has 2 aliphatic heterocycles. The largest absolute Gasteiger partial charge is 0.379 e. The van der Waals surface area contributed by atoms with Gasteiger partial charge in [0.2, 0.25) is 5.95 Å². The highest BCUT2D eigenvalue weighted by Crippen LogP contribution is 2.35. The number of Topliss-reactive ketones (excluding diaryl/α,β-unsaturated/α-hetero) is 1. The predicted molar refractivity (Wildman–Crippen MR) is 116 cm³/mol. The van der Waals surface area contributed by atoms with E-state index in [-0.39, 0.29) is 23.2 Å². The van der Waals surface area contributed by atoms with Gasteiger partial charge in [-0.15, -0.1) is 0 Å². The van der Waals surface area contributed by atoms with Crippen molar-refractivity contribution in [1.29, 1.82) is 0 Å². The zero-order chi connectivity index (χ0) is 21.3. The molecule has 0 bridgehead atoms. The number of nitrogens with zero attached hydrogens (tertiary/aromatic N) is 3. The number of rotatable bonds is 5. The molecule has 2 aliphatic rings. The molecule has 2 fully saturated rings. The summed E-state index contributed by atoms with van der Waals surface area (Å²) in [7, 11) is 0. The molecule has 1 atom stereocenters. The van der Waals surface area contributed by atoms with Crippen molar-refractivity contribution < 1.29 is 14.3 Å². The highest BCUT2D eigenvalue weighted by atomic mass is 35.5. The Labute approximate surface area is 181 Å². The Morgan fingerprint density at radius 3 is 2.77 bits per heavy atom. The molecule has 7 nitrogen and oxygen atoms in total. The van der Waals surface area contributed by atoms with Gasteiger partial charge < -0.3 is 20.1 Å². The summed E-state index contributed by atoms with van der Waals surface area (Å²) in [5.74, 6) is 1.20. The third-order valence-electron chi connectivity index (χ3n) is 5.79. The summed E-state index contributed by atoms with van der Waals surface area (Å²) in [4.78, 5) is 23.4. The molecule has 2 saturated heterocycles. The molecule has 1 unspecified atom stereocenters. The Bertz CT molecular complexity index is 928. The predicted octanol–water partition coefficient (Wildman–Crippen LogP) is 3.14. The van der Waals surface area contributed by atoms with Gasteiger partial charge in [-0.25, -0.2) is 4.98 Å². The maximum Gasteiger partial charge on any atom is 0.222 e. The summed E-state index contributed by atoms with van der Waals surface area (Å²) in [6.45, 7) is 6.78. The van der Waals surface area contributed by atoms with Crippen LogP contribution in [0.4, 0.5) is 11.8 Å². The molecule has 4 rings (SSSR count). The van der Waals surface area contributed by atoms with Crippen LogP contribution in [0.2, 0.25) is 5.02 Å². The SMILES string of the molecule is Cc1cc(N2CCCOCC2c2ccc(CC(=O)C3(C)COC3)cc2Cl)nc(N)n1. The van der Waals surface area contributed by atoms with Crippen molar-refractivity contribution in [3.8, 4) is 0 Å². The van der Waals surface area contributed by atoms with Crippen LogP contribution < -0.4 is 10.6 Å². The number of nitrogen functional groups attached to an aromatic ring is 1. The first kappa shape index (κ1) is 21.0. The number of anilines is 2. The van der Waals surface area contributed by atoms with Gasteiger partial charge in [0.25, 0.3) is 0 Å². The van der Waals surface area contributed by atoms with Gasteiger partial charge in [0, 0.05) is 36.4 Å². The Morgan fingerprint density at radius 2 is 2.10 bits per heavy atom. The third-order valence-corrected chi connectivity index (χ3v) is 6.12. The second kappa shape index (κ2) is 8.49. The standard InChI is InChI=1S/C22H27ClN4O3/c1-14-8-20(26-21(24)25-14)27-6-3-7-29-11-18(27)16-5-4-15(9-17(16)23)10-19(28)22(2)12-30-13-22/h4-5,8-9,18H,3,6-7,10-13H2,1-2H3,(H2,24,25,26). The lowest BCUT2D eigenvalue weighted by molar-refractivity contribution is -0.154. The lowest BCUT2D eigenvalue weighted by atomic mass is 9.81. The zero-order valence-electron chi connectivity index (χ0n) is 17.4. The zero-order valence-corrected chi connectivity index (χ0v) is 18.1. The molecule has 1 aromatic heterocycles. The van der Waals surface area contributed by atoms with Crippen LogP contribution in [0, 0.1) is 12.3 Å². The van der Waals surface area contributed by atoms with Crippen molar-refractivity contribution in [2.24, 2.45) is 5.41 Å². The number of hydrogen-bond acceptors (Lipinski definition) is 7. The molecular formula is C22H27ClN4O3. The number of ether oxygens (including phenoxy) is 2. The van der Waals surface area contributed by atoms with E-state index in [1.807, 2.05) is 38.1 Å². The minimum absolute atomic E-state index is 0.101. The first-order chi connectivity index (χ1) is 14.4. The molecule has 0 radical (unpaired) electrons. The average Bonchev–Trinajstić information content (AvgIpc) is 2.91. The van der Waals surface area contributed by atoms with E-state index < -0.39 is 0 Å². The minimum atomic E-state index is -0.373. The quantitative estimate of drug-likeness (QED) is 0.779. The van der Waals surface area contributed by atoms with Crippen molar-refractivity contribution in [2.45, 2.75) is 32.7 Å². The van der Waals surface area contributed by atoms with E-state index >= 15 is 0 Å². The van der Waals surface area contributed by atoms with Crippen molar-refractivity contribution in [2.75, 3.05) is 43.6 Å². The molecule has 2 aromatic rings. The second-order valence-corrected chi connectivity index (χ2v) is 8.78. The highest BCUT2D eigenvalue weighted by Gasteiger charge is 2.40. The number of carbonyl (C=O) groups is 1. The Balaban J connectivity index is 1.60. The summed E-state index contributed by atoms with van der Waals surface area (Å²) < 4.78 is 11.1. The Morgan fingerprint density at radius 1 is 1.30 bits per heavy atom. The number of aryl methyl sites for hydroxylation is 1. The number of hydrogen-bond donors (Lipinski definition) is 1. The van der Waals surface area contributed by atoms with E-state index in [0.717, 1.165) is 35.6 Å². The van der Waals surface area contributed by atoms with E-state index in [9.17, 15) is 4.79 Å². The number of carbonyl (C=O) groups excluding carboxylic acids is 1. The molecule has 1 aromatic carbocycles. The first-order valence-electron chi connectivity index (χ1n) is 10.2. The topological polar surface area (TPSA) is 90.6 Å². The Hall–Kier alpha value is -2.22. The summed E-state index contributed by atoms with van der Waals surface area (Å²) in [5, 5.41) is 0.620. The number of ketones is 1. The molecule has 0 spiro atoms. The number of aromatic nitrogens is 2. The summed E-state index contributed by atoms with van der Waals surface area (Å²) >= 11 is 6.70. The molecule has 0 amide bonds. The van der Waals surface area contributed by atoms with E-state index in [1.54, 1.807) is 0 Å². The van der Waals surface area contributed by atoms with Crippen LogP contribution in [-0.2, 0) is 20.7 Å². The molecule has 2 N–H and O–H groups in total. The fourth-order valence-corrected chi connectivity index (χ4v) is 4.28. The van der Waals surface area contributed by atoms with Crippen molar-refractivity contribution in [3.05, 3.63) is 46.1 Å². The number of halogens is 1. The van der Waals surface area contributed by atoms with Crippen molar-refractivity contribution in [1.82, 2.24) is 9.97 Å². The van der Waals surface area contributed by atoms with Gasteiger partial charge in [0.05, 0.1) is 31.3 Å². The molecular weight excluding hydrogens is 404 g/mol. The highest BCUT2D eigenvalue weighted by molar-refractivity contribution is 6.31. The van der Waals surface area contributed by atoms with Crippen LogP contribution in [0.3, 0.4) is 0 Å². The maximum absolute atomic E-state index is 12.6. The normalized spacial score (nSPS) is 21.0. The van der Waals surface area contributed by atoms with E-state index in [2.05, 4.69) is 14.9 Å². The van der Waals surface area contributed by atoms with Crippen LogP contribution in [0.25, 0.3) is 0 Å². The lowest BCUT2D eigenvalue weighted by Gasteiger charge is -2.36. The smallest absolute Gasteiger partial charge is 0.222 e. The fourth-order valence-electron chi connectivity index (χ4n) is 3.95. The van der Waals surface area contributed by atoms with Gasteiger partial charge in [-0.3, -0.25) is 4.79 Å². The maximum atomic E-state index is 12.6. The van der Waals surface area contributed by atoms with Gasteiger partial charge in [-0.05, 0) is 37.5 Å². The first-order valence-corrected chi connectivity index (χ1v) is 10.6. The monoisotopic (exact) mass is 430 g/mol. The number of nitrogens with two attached hydrogens (primary N) is 1. The molecule has 8 heteroatoms. The molecule has 0 saturated carbocycles. The third kappa shape index (κ3) is 4.29. The van der Waals surface area contributed by atoms with Crippen LogP contribution in [-0.4, -0.2) is 48.7 Å². The van der Waals surface area contributed by atoms with Crippen LogP contribution in [0.1, 0.15) is 36.2 Å². The Kier molecular flexibility index (Phi) is 5.95. The minimum Gasteiger partial charge on any atom is -0.379 e. The average molecular weight is 431 g/mol. The summed E-state index contributed by atoms with van der Waals surface area (Å²) in [5.41, 5.74) is 8.19. The van der Waals surface area contributed by atoms with Gasteiger partial charge in [-0.1, -0.05) is 23.7 Å². The van der Waals surface area contributed by atoms with Crippen LogP contribution >= 0.6 is 11.6 Å². The van der Waals surface area contributed by atoms with E-state index in [0.29, 0.717) is 37.9 Å². The summed E-state index contributed by atoms with van der Waals surface area (Å²) in [6.07, 6.45) is 1.23. The van der Waals surface area contributed by atoms with Crippen molar-refractivity contribution >= 4 is 29.2 Å². The van der Waals surface area contributed by atoms with Crippen LogP contribution in [0.15, 0.2) is 24.3 Å². The fraction of sp³-hybridized carbons (Fsp3) is 0.500. The van der Waals surface area contributed by atoms with Gasteiger partial charge in [-0.2, -0.15) is 4.98 Å². The van der Waals surface area contributed by atoms with E-state index in [4.69, 9.17) is 26.8 Å². The summed E-state index contributed by atoms with van der Waals surface area (Å²) in [6, 6.07) is 7.69. The van der Waals surface area contributed by atoms with Gasteiger partial charge in [0.1, 0.15) is 11.6 Å².